The van der Waals surface area contributed by atoms with Crippen LogP contribution in [-0.2, 0) is 42.9 Å². The van der Waals surface area contributed by atoms with Crippen LogP contribution < -0.4 is 5.56 Å². The lowest BCUT2D eigenvalue weighted by Crippen LogP contribution is -2.61. The number of rotatable bonds is 8. The molecule has 0 amide bonds. The van der Waals surface area contributed by atoms with Crippen LogP contribution in [0.5, 0.6) is 0 Å². The standard InChI is InChI=1S/C25H28N4O10S/c1-13-23(34)28(26-11-18-9-7-6-8-10-18)25(40)29(27-13)24-22(38-17(5)33)21(37-16(4)32)20(36-15(3)31)19(39-24)12-35-14(2)30/h6-11,19-22,24H,12H2,1-5H3/b26-11+/t19-,20-,21+,22-,24-/m1/s1. The minimum absolute atomic E-state index is 0.0494. The Morgan fingerprint density at radius 1 is 0.950 bits per heavy atom. The Morgan fingerprint density at radius 2 is 1.52 bits per heavy atom. The summed E-state index contributed by atoms with van der Waals surface area (Å²) in [4.78, 5) is 60.7. The summed E-state index contributed by atoms with van der Waals surface area (Å²) >= 11 is 5.52. The summed E-state index contributed by atoms with van der Waals surface area (Å²) in [6.45, 7) is 5.46. The molecule has 1 aromatic carbocycles. The molecule has 0 spiro atoms. The van der Waals surface area contributed by atoms with Crippen molar-refractivity contribution >= 4 is 42.3 Å². The van der Waals surface area contributed by atoms with E-state index in [1.165, 1.54) is 13.1 Å². The van der Waals surface area contributed by atoms with Gasteiger partial charge in [0.25, 0.3) is 5.56 Å². The van der Waals surface area contributed by atoms with Gasteiger partial charge in [-0.1, -0.05) is 30.3 Å². The number of benzene rings is 1. The predicted molar refractivity (Wildman–Crippen MR) is 139 cm³/mol. The molecule has 1 aliphatic rings. The molecule has 0 unspecified atom stereocenters. The largest absolute Gasteiger partial charge is 0.463 e. The first-order valence-corrected chi connectivity index (χ1v) is 12.4. The summed E-state index contributed by atoms with van der Waals surface area (Å²) in [6, 6.07) is 8.91. The van der Waals surface area contributed by atoms with Gasteiger partial charge in [-0.25, -0.2) is 4.68 Å². The van der Waals surface area contributed by atoms with Crippen LogP contribution in [0.2, 0.25) is 0 Å². The number of aryl methyl sites for hydroxylation is 1. The van der Waals surface area contributed by atoms with Crippen molar-refractivity contribution in [3.63, 3.8) is 0 Å². The van der Waals surface area contributed by atoms with E-state index in [0.717, 1.165) is 37.1 Å². The van der Waals surface area contributed by atoms with Crippen molar-refractivity contribution in [1.29, 1.82) is 0 Å². The summed E-state index contributed by atoms with van der Waals surface area (Å²) in [5, 5.41) is 8.44. The lowest BCUT2D eigenvalue weighted by Gasteiger charge is -2.44. The minimum Gasteiger partial charge on any atom is -0.463 e. The molecular weight excluding hydrogens is 548 g/mol. The van der Waals surface area contributed by atoms with Crippen LogP contribution in [0.3, 0.4) is 0 Å². The molecule has 0 N–H and O–H groups in total. The summed E-state index contributed by atoms with van der Waals surface area (Å²) in [6.07, 6.45) is -5.53. The van der Waals surface area contributed by atoms with Crippen molar-refractivity contribution in [3.05, 3.63) is 56.7 Å². The Labute approximate surface area is 233 Å². The summed E-state index contributed by atoms with van der Waals surface area (Å²) in [7, 11) is 0. The Morgan fingerprint density at radius 3 is 2.10 bits per heavy atom. The van der Waals surface area contributed by atoms with Crippen LogP contribution in [0.25, 0.3) is 0 Å². The van der Waals surface area contributed by atoms with Crippen LogP contribution >= 0.6 is 12.2 Å². The van der Waals surface area contributed by atoms with Crippen molar-refractivity contribution in [2.24, 2.45) is 5.10 Å². The second-order valence-electron chi connectivity index (χ2n) is 8.67. The van der Waals surface area contributed by atoms with Gasteiger partial charge in [0.2, 0.25) is 4.77 Å². The van der Waals surface area contributed by atoms with Gasteiger partial charge in [0.1, 0.15) is 18.4 Å². The highest BCUT2D eigenvalue weighted by Gasteiger charge is 2.53. The minimum atomic E-state index is -1.47. The number of carbonyl (C=O) groups excluding carboxylic acids is 4. The molecule has 214 valence electrons. The molecule has 40 heavy (non-hydrogen) atoms. The maximum atomic E-state index is 12.9. The van der Waals surface area contributed by atoms with Gasteiger partial charge in [0.15, 0.2) is 24.5 Å². The average Bonchev–Trinajstić information content (AvgIpc) is 2.87. The molecule has 0 radical (unpaired) electrons. The maximum absolute atomic E-state index is 12.9. The lowest BCUT2D eigenvalue weighted by atomic mass is 9.97. The van der Waals surface area contributed by atoms with E-state index in [0.29, 0.717) is 5.56 Å². The number of hydrogen-bond acceptors (Lipinski definition) is 13. The normalized spacial score (nSPS) is 22.4. The SMILES string of the molecule is CC(=O)OC[C@H]1O[C@@H](n2nc(C)c(=O)n(/N=C/c3ccccc3)c2=S)[C@H](OC(C)=O)[C@@H](OC(C)=O)[C@@H]1OC(C)=O. The molecular formula is C25H28N4O10S. The van der Waals surface area contributed by atoms with Gasteiger partial charge in [0, 0.05) is 27.7 Å². The second-order valence-corrected chi connectivity index (χ2v) is 9.04. The van der Waals surface area contributed by atoms with E-state index in [9.17, 15) is 24.0 Å². The molecule has 5 atom stereocenters. The monoisotopic (exact) mass is 576 g/mol. The molecule has 14 nitrogen and oxygen atoms in total. The van der Waals surface area contributed by atoms with E-state index in [-0.39, 0.29) is 10.5 Å². The number of esters is 4. The molecule has 1 aliphatic heterocycles. The fourth-order valence-corrected chi connectivity index (χ4v) is 4.19. The number of nitrogens with zero attached hydrogens (tertiary/aromatic N) is 4. The Kier molecular flexibility index (Phi) is 10.0. The highest BCUT2D eigenvalue weighted by atomic mass is 32.1. The first-order chi connectivity index (χ1) is 18.9. The first-order valence-electron chi connectivity index (χ1n) is 12.0. The van der Waals surface area contributed by atoms with Crippen molar-refractivity contribution in [3.8, 4) is 0 Å². The Hall–Kier alpha value is -4.24. The molecule has 0 aliphatic carbocycles. The zero-order valence-corrected chi connectivity index (χ0v) is 23.2. The number of aromatic nitrogens is 3. The van der Waals surface area contributed by atoms with E-state index >= 15 is 0 Å². The van der Waals surface area contributed by atoms with Crippen molar-refractivity contribution < 1.29 is 42.9 Å². The van der Waals surface area contributed by atoms with E-state index in [1.807, 2.05) is 6.07 Å². The molecule has 2 heterocycles. The molecule has 1 saturated heterocycles. The van der Waals surface area contributed by atoms with E-state index in [2.05, 4.69) is 10.2 Å². The summed E-state index contributed by atoms with van der Waals surface area (Å²) in [5.74, 6) is -3.03. The van der Waals surface area contributed by atoms with Crippen LogP contribution in [0, 0.1) is 11.7 Å². The topological polar surface area (TPSA) is 167 Å². The van der Waals surface area contributed by atoms with Gasteiger partial charge in [-0.05, 0) is 24.7 Å². The third kappa shape index (κ3) is 7.45. The fraction of sp³-hybridized carbons (Fsp3) is 0.440. The molecule has 15 heteroatoms. The first kappa shape index (κ1) is 30.3. The average molecular weight is 577 g/mol. The lowest BCUT2D eigenvalue weighted by molar-refractivity contribution is -0.271. The van der Waals surface area contributed by atoms with Crippen molar-refractivity contribution in [2.75, 3.05) is 6.61 Å². The van der Waals surface area contributed by atoms with Crippen molar-refractivity contribution in [2.45, 2.75) is 65.3 Å². The second kappa shape index (κ2) is 13.2. The Balaban J connectivity index is 2.20. The number of carbonyl (C=O) groups is 4. The third-order valence-corrected chi connectivity index (χ3v) is 5.83. The van der Waals surface area contributed by atoms with E-state index in [1.54, 1.807) is 24.3 Å². The van der Waals surface area contributed by atoms with Gasteiger partial charge < -0.3 is 23.7 Å². The zero-order valence-electron chi connectivity index (χ0n) is 22.3. The molecule has 0 saturated carbocycles. The smallest absolute Gasteiger partial charge is 0.303 e. The van der Waals surface area contributed by atoms with Crippen LogP contribution in [0.4, 0.5) is 0 Å². The highest BCUT2D eigenvalue weighted by molar-refractivity contribution is 7.71. The van der Waals surface area contributed by atoms with Gasteiger partial charge in [-0.2, -0.15) is 14.9 Å². The van der Waals surface area contributed by atoms with Crippen molar-refractivity contribution in [1.82, 2.24) is 14.5 Å². The highest BCUT2D eigenvalue weighted by Crippen LogP contribution is 2.34. The van der Waals surface area contributed by atoms with Gasteiger partial charge in [-0.3, -0.25) is 24.0 Å². The number of hydrogen-bond donors (Lipinski definition) is 0. The molecule has 1 fully saturated rings. The molecule has 0 bridgehead atoms. The summed E-state index contributed by atoms with van der Waals surface area (Å²) < 4.78 is 29.2. The summed E-state index contributed by atoms with van der Waals surface area (Å²) in [5.41, 5.74) is 0.00264. The molecule has 3 rings (SSSR count). The Bertz CT molecular complexity index is 1420. The van der Waals surface area contributed by atoms with Gasteiger partial charge >= 0.3 is 23.9 Å². The van der Waals surface area contributed by atoms with Crippen LogP contribution in [0.15, 0.2) is 40.2 Å². The van der Waals surface area contributed by atoms with E-state index < -0.39 is 66.7 Å². The maximum Gasteiger partial charge on any atom is 0.303 e. The van der Waals surface area contributed by atoms with Gasteiger partial charge in [-0.15, -0.1) is 0 Å². The quantitative estimate of drug-likeness (QED) is 0.191. The van der Waals surface area contributed by atoms with Gasteiger partial charge in [0.05, 0.1) is 6.21 Å². The van der Waals surface area contributed by atoms with Crippen LogP contribution in [0.1, 0.15) is 45.2 Å². The fourth-order valence-electron chi connectivity index (χ4n) is 3.92. The molecule has 2 aromatic rings. The van der Waals surface area contributed by atoms with E-state index in [4.69, 9.17) is 35.9 Å². The predicted octanol–water partition coefficient (Wildman–Crippen LogP) is 1.22. The third-order valence-electron chi connectivity index (χ3n) is 5.47. The van der Waals surface area contributed by atoms with Crippen LogP contribution in [-0.4, -0.2) is 75.6 Å². The molecule has 1 aromatic heterocycles. The zero-order chi connectivity index (χ0) is 29.6. The number of ether oxygens (including phenoxy) is 5.